The molecule has 5 nitrogen and oxygen atoms in total. The normalized spacial score (nSPS) is 16.0. The summed E-state index contributed by atoms with van der Waals surface area (Å²) in [5.41, 5.74) is 3.28. The van der Waals surface area contributed by atoms with Crippen LogP contribution in [0.3, 0.4) is 0 Å². The Balaban J connectivity index is 1.62. The number of nitrogens with one attached hydrogen (secondary N) is 1. The number of benzene rings is 2. The number of nitrogens with zero attached hydrogens (tertiary/aromatic N) is 3. The van der Waals surface area contributed by atoms with Gasteiger partial charge in [-0.05, 0) is 25.3 Å². The molecule has 0 bridgehead atoms. The van der Waals surface area contributed by atoms with E-state index >= 15 is 0 Å². The fourth-order valence-corrected chi connectivity index (χ4v) is 3.60. The predicted molar refractivity (Wildman–Crippen MR) is 118 cm³/mol. The van der Waals surface area contributed by atoms with Crippen LogP contribution in [0.15, 0.2) is 66.7 Å². The number of anilines is 2. The molecule has 2 aromatic carbocycles. The summed E-state index contributed by atoms with van der Waals surface area (Å²) in [5, 5.41) is 3.41. The molecule has 4 rings (SSSR count). The first-order valence-electron chi connectivity index (χ1n) is 10.4. The average molecular weight is 389 g/mol. The van der Waals surface area contributed by atoms with Crippen LogP contribution in [-0.4, -0.2) is 35.8 Å². The molecule has 150 valence electrons. The van der Waals surface area contributed by atoms with Gasteiger partial charge in [-0.3, -0.25) is 0 Å². The molecule has 1 aromatic heterocycles. The Labute approximate surface area is 172 Å². The lowest BCUT2D eigenvalue weighted by Gasteiger charge is -2.23. The summed E-state index contributed by atoms with van der Waals surface area (Å²) in [6, 6.07) is 22.9. The van der Waals surface area contributed by atoms with Crippen LogP contribution >= 0.6 is 0 Å². The molecule has 1 aliphatic rings. The number of ether oxygens (including phenoxy) is 1. The SMILES string of the molecule is CCN(Cc1ccccc1)c1cc(-c2ccccc2)nc(NCC2CCCO2)n1. The van der Waals surface area contributed by atoms with Gasteiger partial charge in [0.2, 0.25) is 5.95 Å². The third-order valence-electron chi connectivity index (χ3n) is 5.22. The Morgan fingerprint density at radius 3 is 2.48 bits per heavy atom. The lowest BCUT2D eigenvalue weighted by Crippen LogP contribution is -2.25. The van der Waals surface area contributed by atoms with Gasteiger partial charge in [0.15, 0.2) is 0 Å². The molecule has 0 spiro atoms. The highest BCUT2D eigenvalue weighted by molar-refractivity contribution is 5.64. The smallest absolute Gasteiger partial charge is 0.225 e. The van der Waals surface area contributed by atoms with Crippen LogP contribution in [-0.2, 0) is 11.3 Å². The van der Waals surface area contributed by atoms with Crippen LogP contribution in [0.4, 0.5) is 11.8 Å². The van der Waals surface area contributed by atoms with Gasteiger partial charge in [0, 0.05) is 37.9 Å². The minimum absolute atomic E-state index is 0.244. The predicted octanol–water partition coefficient (Wildman–Crippen LogP) is 4.76. The standard InChI is InChI=1S/C24H28N4O/c1-2-28(18-19-10-5-3-6-11-19)23-16-22(20-12-7-4-8-13-20)26-24(27-23)25-17-21-14-9-15-29-21/h3-8,10-13,16,21H,2,9,14-15,17-18H2,1H3,(H,25,26,27). The summed E-state index contributed by atoms with van der Waals surface area (Å²) >= 11 is 0. The number of hydrogen-bond acceptors (Lipinski definition) is 5. The van der Waals surface area contributed by atoms with Gasteiger partial charge < -0.3 is 15.0 Å². The Kier molecular flexibility index (Phi) is 6.37. The lowest BCUT2D eigenvalue weighted by atomic mass is 10.1. The van der Waals surface area contributed by atoms with E-state index in [1.807, 2.05) is 24.3 Å². The molecule has 5 heteroatoms. The fourth-order valence-electron chi connectivity index (χ4n) is 3.60. The monoisotopic (exact) mass is 388 g/mol. The summed E-state index contributed by atoms with van der Waals surface area (Å²) in [4.78, 5) is 11.9. The number of hydrogen-bond donors (Lipinski definition) is 1. The molecule has 2 heterocycles. The van der Waals surface area contributed by atoms with Crippen molar-refractivity contribution in [2.24, 2.45) is 0 Å². The summed E-state index contributed by atoms with van der Waals surface area (Å²) in [7, 11) is 0. The largest absolute Gasteiger partial charge is 0.376 e. The third kappa shape index (κ3) is 5.12. The first-order chi connectivity index (χ1) is 14.3. The summed E-state index contributed by atoms with van der Waals surface area (Å²) < 4.78 is 5.74. The summed E-state index contributed by atoms with van der Waals surface area (Å²) in [5.74, 6) is 1.59. The van der Waals surface area contributed by atoms with Crippen LogP contribution in [0.2, 0.25) is 0 Å². The Morgan fingerprint density at radius 1 is 1.03 bits per heavy atom. The topological polar surface area (TPSA) is 50.3 Å². The van der Waals surface area contributed by atoms with Gasteiger partial charge in [-0.15, -0.1) is 0 Å². The molecular formula is C24H28N4O. The van der Waals surface area contributed by atoms with Crippen molar-refractivity contribution in [3.8, 4) is 11.3 Å². The van der Waals surface area contributed by atoms with E-state index in [1.165, 1.54) is 5.56 Å². The van der Waals surface area contributed by atoms with Crippen LogP contribution in [0.1, 0.15) is 25.3 Å². The van der Waals surface area contributed by atoms with Gasteiger partial charge in [0.05, 0.1) is 11.8 Å². The molecule has 0 amide bonds. The van der Waals surface area contributed by atoms with Gasteiger partial charge in [-0.1, -0.05) is 60.7 Å². The van der Waals surface area contributed by atoms with E-state index in [9.17, 15) is 0 Å². The minimum Gasteiger partial charge on any atom is -0.376 e. The fraction of sp³-hybridized carbons (Fsp3) is 0.333. The van der Waals surface area contributed by atoms with Crippen molar-refractivity contribution in [3.05, 3.63) is 72.3 Å². The van der Waals surface area contributed by atoms with E-state index in [0.717, 1.165) is 56.2 Å². The van der Waals surface area contributed by atoms with Crippen molar-refractivity contribution in [1.29, 1.82) is 0 Å². The molecule has 1 aliphatic heterocycles. The van der Waals surface area contributed by atoms with E-state index in [2.05, 4.69) is 59.6 Å². The van der Waals surface area contributed by atoms with E-state index < -0.39 is 0 Å². The molecule has 3 aromatic rings. The Hall–Kier alpha value is -2.92. The van der Waals surface area contributed by atoms with E-state index in [0.29, 0.717) is 5.95 Å². The maximum absolute atomic E-state index is 5.74. The van der Waals surface area contributed by atoms with Crippen LogP contribution in [0.25, 0.3) is 11.3 Å². The second kappa shape index (κ2) is 9.52. The highest BCUT2D eigenvalue weighted by Crippen LogP contribution is 2.25. The highest BCUT2D eigenvalue weighted by Gasteiger charge is 2.17. The van der Waals surface area contributed by atoms with E-state index in [1.54, 1.807) is 0 Å². The first kappa shape index (κ1) is 19.4. The maximum atomic E-state index is 5.74. The molecule has 29 heavy (non-hydrogen) atoms. The second-order valence-corrected chi connectivity index (χ2v) is 7.32. The van der Waals surface area contributed by atoms with Crippen molar-refractivity contribution in [2.75, 3.05) is 29.9 Å². The zero-order valence-electron chi connectivity index (χ0n) is 16.9. The first-order valence-corrected chi connectivity index (χ1v) is 10.4. The minimum atomic E-state index is 0.244. The second-order valence-electron chi connectivity index (χ2n) is 7.32. The van der Waals surface area contributed by atoms with E-state index in [4.69, 9.17) is 14.7 Å². The Morgan fingerprint density at radius 2 is 1.79 bits per heavy atom. The van der Waals surface area contributed by atoms with Crippen molar-refractivity contribution in [2.45, 2.75) is 32.4 Å². The number of rotatable bonds is 8. The zero-order chi connectivity index (χ0) is 19.9. The summed E-state index contributed by atoms with van der Waals surface area (Å²) in [6.45, 7) is 5.43. The molecule has 1 unspecified atom stereocenters. The van der Waals surface area contributed by atoms with Crippen LogP contribution < -0.4 is 10.2 Å². The molecule has 1 N–H and O–H groups in total. The highest BCUT2D eigenvalue weighted by atomic mass is 16.5. The van der Waals surface area contributed by atoms with Gasteiger partial charge in [-0.2, -0.15) is 4.98 Å². The zero-order valence-corrected chi connectivity index (χ0v) is 16.9. The molecule has 0 saturated carbocycles. The quantitative estimate of drug-likeness (QED) is 0.603. The maximum Gasteiger partial charge on any atom is 0.225 e. The van der Waals surface area contributed by atoms with Crippen LogP contribution in [0, 0.1) is 0 Å². The molecule has 1 atom stereocenters. The lowest BCUT2D eigenvalue weighted by molar-refractivity contribution is 0.120. The molecule has 0 radical (unpaired) electrons. The molecular weight excluding hydrogens is 360 g/mol. The number of aromatic nitrogens is 2. The third-order valence-corrected chi connectivity index (χ3v) is 5.22. The van der Waals surface area contributed by atoms with Crippen molar-refractivity contribution in [3.63, 3.8) is 0 Å². The van der Waals surface area contributed by atoms with Crippen molar-refractivity contribution >= 4 is 11.8 Å². The average Bonchev–Trinajstić information content (AvgIpc) is 3.31. The van der Waals surface area contributed by atoms with Gasteiger partial charge >= 0.3 is 0 Å². The van der Waals surface area contributed by atoms with Crippen molar-refractivity contribution < 1.29 is 4.74 Å². The van der Waals surface area contributed by atoms with Gasteiger partial charge in [0.1, 0.15) is 5.82 Å². The molecule has 1 fully saturated rings. The van der Waals surface area contributed by atoms with Crippen molar-refractivity contribution in [1.82, 2.24) is 9.97 Å². The van der Waals surface area contributed by atoms with Crippen LogP contribution in [0.5, 0.6) is 0 Å². The Bertz CT molecular complexity index is 895. The van der Waals surface area contributed by atoms with Gasteiger partial charge in [-0.25, -0.2) is 4.98 Å². The molecule has 1 saturated heterocycles. The molecule has 0 aliphatic carbocycles. The van der Waals surface area contributed by atoms with Gasteiger partial charge in [0.25, 0.3) is 0 Å². The van der Waals surface area contributed by atoms with E-state index in [-0.39, 0.29) is 6.10 Å². The summed E-state index contributed by atoms with van der Waals surface area (Å²) in [6.07, 6.45) is 2.46.